The van der Waals surface area contributed by atoms with E-state index in [4.69, 9.17) is 0 Å². The van der Waals surface area contributed by atoms with Gasteiger partial charge in [0.2, 0.25) is 0 Å². The van der Waals surface area contributed by atoms with E-state index >= 15 is 0 Å². The highest BCUT2D eigenvalue weighted by Crippen LogP contribution is 2.75. The van der Waals surface area contributed by atoms with Crippen molar-refractivity contribution in [2.24, 2.45) is 35.5 Å². The minimum absolute atomic E-state index is 1.08. The summed E-state index contributed by atoms with van der Waals surface area (Å²) in [7, 11) is 0. The van der Waals surface area contributed by atoms with Crippen LogP contribution in [0.1, 0.15) is 12.8 Å². The Hall–Kier alpha value is 1.46. The summed E-state index contributed by atoms with van der Waals surface area (Å²) in [6.07, 6.45) is 3.23. The fourth-order valence-corrected chi connectivity index (χ4v) is 8.66. The second-order valence-corrected chi connectivity index (χ2v) is 8.05. The maximum Gasteiger partial charge on any atom is 0.0175 e. The summed E-state index contributed by atoms with van der Waals surface area (Å²) in [5, 5.41) is 0. The zero-order chi connectivity index (χ0) is 8.03. The maximum absolute atomic E-state index is 2.77. The minimum Gasteiger partial charge on any atom is -0.0820 e. The average molecular weight is 386 g/mol. The Morgan fingerprint density at radius 3 is 1.42 bits per heavy atom. The van der Waals surface area contributed by atoms with E-state index in [-0.39, 0.29) is 0 Å². The third kappa shape index (κ3) is 0.607. The Balaban J connectivity index is 1.92. The zero-order valence-electron chi connectivity index (χ0n) is 6.79. The summed E-state index contributed by atoms with van der Waals surface area (Å²) in [4.78, 5) is 0. The second kappa shape index (κ2) is 2.17. The lowest BCUT2D eigenvalue weighted by Crippen LogP contribution is -2.27. The quantitative estimate of drug-likeness (QED) is 0.444. The van der Waals surface area contributed by atoms with Crippen LogP contribution in [0.3, 0.4) is 0 Å². The molecule has 4 fully saturated rings. The van der Waals surface area contributed by atoms with Crippen LogP contribution in [-0.4, -0.2) is 7.85 Å². The first-order valence-electron chi connectivity index (χ1n) is 5.07. The van der Waals surface area contributed by atoms with Crippen LogP contribution in [0, 0.1) is 35.5 Å². The SMILES string of the molecule is I[C@@H]1[C@@H]2C3C4C[C@H](C2C[C@H]41)[C@@H]3I. The third-order valence-corrected chi connectivity index (χ3v) is 8.68. The molecule has 3 unspecified atom stereocenters. The maximum atomic E-state index is 2.77. The van der Waals surface area contributed by atoms with Crippen molar-refractivity contribution in [1.82, 2.24) is 0 Å². The molecule has 4 aliphatic carbocycles. The molecular formula is C10H12I2. The van der Waals surface area contributed by atoms with Gasteiger partial charge in [-0.25, -0.2) is 0 Å². The Bertz CT molecular complexity index is 226. The summed E-state index contributed by atoms with van der Waals surface area (Å²) < 4.78 is 2.15. The normalized spacial score (nSPS) is 76.5. The van der Waals surface area contributed by atoms with Crippen molar-refractivity contribution in [3.63, 3.8) is 0 Å². The minimum atomic E-state index is 1.08. The van der Waals surface area contributed by atoms with Gasteiger partial charge >= 0.3 is 0 Å². The lowest BCUT2D eigenvalue weighted by molar-refractivity contribution is 0.146. The summed E-state index contributed by atoms with van der Waals surface area (Å²) in [6.45, 7) is 0. The van der Waals surface area contributed by atoms with E-state index in [0.717, 1.165) is 19.7 Å². The van der Waals surface area contributed by atoms with Crippen LogP contribution in [0.25, 0.3) is 0 Å². The van der Waals surface area contributed by atoms with Crippen LogP contribution in [0.2, 0.25) is 0 Å². The average Bonchev–Trinajstić information content (AvgIpc) is 2.68. The number of rotatable bonds is 0. The monoisotopic (exact) mass is 386 g/mol. The number of halogens is 2. The molecule has 0 saturated heterocycles. The third-order valence-electron chi connectivity index (χ3n) is 5.18. The number of hydrogen-bond donors (Lipinski definition) is 0. The van der Waals surface area contributed by atoms with E-state index in [0.29, 0.717) is 0 Å². The molecule has 0 radical (unpaired) electrons. The van der Waals surface area contributed by atoms with Crippen molar-refractivity contribution >= 4 is 45.2 Å². The van der Waals surface area contributed by atoms with E-state index in [1.54, 1.807) is 12.8 Å². The molecule has 4 bridgehead atoms. The first-order chi connectivity index (χ1) is 5.79. The van der Waals surface area contributed by atoms with Gasteiger partial charge in [0.15, 0.2) is 0 Å². The predicted molar refractivity (Wildman–Crippen MR) is 65.8 cm³/mol. The lowest BCUT2D eigenvalue weighted by Gasteiger charge is -2.33. The molecule has 0 aromatic rings. The number of alkyl halides is 2. The first-order valence-corrected chi connectivity index (χ1v) is 7.56. The van der Waals surface area contributed by atoms with E-state index < -0.39 is 0 Å². The lowest BCUT2D eigenvalue weighted by atomic mass is 9.71. The molecule has 0 amide bonds. The molecule has 8 atom stereocenters. The number of fused-ring (bicyclic) bond motifs is 4. The number of hydrogen-bond acceptors (Lipinski definition) is 0. The molecular weight excluding hydrogens is 374 g/mol. The highest BCUT2D eigenvalue weighted by atomic mass is 127. The zero-order valence-corrected chi connectivity index (χ0v) is 11.1. The van der Waals surface area contributed by atoms with Gasteiger partial charge in [-0.05, 0) is 48.3 Å². The van der Waals surface area contributed by atoms with E-state index in [9.17, 15) is 0 Å². The fourth-order valence-electron chi connectivity index (χ4n) is 4.98. The molecule has 0 nitrogen and oxygen atoms in total. The molecule has 0 aromatic carbocycles. The van der Waals surface area contributed by atoms with Crippen molar-refractivity contribution in [1.29, 1.82) is 0 Å². The standard InChI is InChI=1S/C10H12I2/c11-9-5-1-3-6-2-4(5)8(7(3)9)10(6)12/h3-10H,1-2H2/t3?,4?,5-,6-,7+,8?,9+,10+/m1/s1. The summed E-state index contributed by atoms with van der Waals surface area (Å²) in [5.41, 5.74) is 0. The van der Waals surface area contributed by atoms with Gasteiger partial charge in [0.25, 0.3) is 0 Å². The van der Waals surface area contributed by atoms with E-state index in [2.05, 4.69) is 45.2 Å². The van der Waals surface area contributed by atoms with Crippen molar-refractivity contribution in [3.8, 4) is 0 Å². The van der Waals surface area contributed by atoms with Crippen LogP contribution >= 0.6 is 45.2 Å². The van der Waals surface area contributed by atoms with Crippen molar-refractivity contribution < 1.29 is 0 Å². The molecule has 0 spiro atoms. The second-order valence-electron chi connectivity index (χ2n) is 5.17. The highest BCUT2D eigenvalue weighted by Gasteiger charge is 2.71. The Morgan fingerprint density at radius 1 is 0.667 bits per heavy atom. The molecule has 4 rings (SSSR count). The van der Waals surface area contributed by atoms with Crippen LogP contribution < -0.4 is 0 Å². The topological polar surface area (TPSA) is 0 Å². The molecule has 66 valence electrons. The van der Waals surface area contributed by atoms with Gasteiger partial charge in [-0.15, -0.1) is 0 Å². The van der Waals surface area contributed by atoms with Gasteiger partial charge in [0, 0.05) is 7.85 Å². The fraction of sp³-hybridized carbons (Fsp3) is 1.00. The largest absolute Gasteiger partial charge is 0.0820 e. The molecule has 0 aliphatic heterocycles. The molecule has 0 N–H and O–H groups in total. The highest BCUT2D eigenvalue weighted by molar-refractivity contribution is 14.1. The van der Waals surface area contributed by atoms with Gasteiger partial charge in [-0.1, -0.05) is 45.2 Å². The van der Waals surface area contributed by atoms with E-state index in [1.165, 1.54) is 23.7 Å². The Morgan fingerprint density at radius 2 is 1.08 bits per heavy atom. The van der Waals surface area contributed by atoms with Gasteiger partial charge in [0.05, 0.1) is 0 Å². The molecule has 2 heteroatoms. The van der Waals surface area contributed by atoms with E-state index in [1.807, 2.05) is 0 Å². The van der Waals surface area contributed by atoms with Gasteiger partial charge < -0.3 is 0 Å². The summed E-state index contributed by atoms with van der Waals surface area (Å²) >= 11 is 5.53. The first kappa shape index (κ1) is 7.71. The Labute approximate surface area is 101 Å². The van der Waals surface area contributed by atoms with Crippen LogP contribution in [0.15, 0.2) is 0 Å². The predicted octanol–water partition coefficient (Wildman–Crippen LogP) is 3.13. The molecule has 0 heterocycles. The molecule has 4 saturated carbocycles. The Kier molecular flexibility index (Phi) is 1.39. The smallest absolute Gasteiger partial charge is 0.0175 e. The van der Waals surface area contributed by atoms with Crippen LogP contribution in [0.5, 0.6) is 0 Å². The van der Waals surface area contributed by atoms with Gasteiger partial charge in [-0.2, -0.15) is 0 Å². The summed E-state index contributed by atoms with van der Waals surface area (Å²) in [6, 6.07) is 0. The van der Waals surface area contributed by atoms with Crippen molar-refractivity contribution in [2.75, 3.05) is 0 Å². The van der Waals surface area contributed by atoms with Crippen molar-refractivity contribution in [2.45, 2.75) is 20.7 Å². The molecule has 0 aromatic heterocycles. The van der Waals surface area contributed by atoms with Gasteiger partial charge in [0.1, 0.15) is 0 Å². The molecule has 4 aliphatic rings. The van der Waals surface area contributed by atoms with Gasteiger partial charge in [-0.3, -0.25) is 0 Å². The van der Waals surface area contributed by atoms with Crippen molar-refractivity contribution in [3.05, 3.63) is 0 Å². The summed E-state index contributed by atoms with van der Waals surface area (Å²) in [5.74, 6) is 6.99. The van der Waals surface area contributed by atoms with Crippen LogP contribution in [-0.2, 0) is 0 Å². The van der Waals surface area contributed by atoms with Crippen LogP contribution in [0.4, 0.5) is 0 Å². The molecule has 12 heavy (non-hydrogen) atoms.